The van der Waals surface area contributed by atoms with Crippen LogP contribution in [0.15, 0.2) is 71.6 Å². The molecule has 3 aromatic carbocycles. The fourth-order valence-electron chi connectivity index (χ4n) is 4.60. The van der Waals surface area contributed by atoms with Gasteiger partial charge in [0.15, 0.2) is 0 Å². The summed E-state index contributed by atoms with van der Waals surface area (Å²) in [5, 5.41) is 1.87. The Kier molecular flexibility index (Phi) is 5.52. The third kappa shape index (κ3) is 3.94. The number of carbonyl (C=O) groups is 2. The molecule has 2 heterocycles. The average molecular weight is 464 g/mol. The van der Waals surface area contributed by atoms with Gasteiger partial charge in [-0.2, -0.15) is 4.31 Å². The first-order chi connectivity index (χ1) is 15.8. The molecule has 0 spiro atoms. The molecule has 0 saturated carbocycles. The molecule has 33 heavy (non-hydrogen) atoms. The van der Waals surface area contributed by atoms with E-state index in [9.17, 15) is 18.0 Å². The molecule has 0 aliphatic carbocycles. The van der Waals surface area contributed by atoms with Crippen LogP contribution in [0.25, 0.3) is 10.8 Å². The maximum atomic E-state index is 13.2. The van der Waals surface area contributed by atoms with Crippen molar-refractivity contribution in [3.8, 4) is 0 Å². The highest BCUT2D eigenvalue weighted by atomic mass is 32.2. The molecule has 0 bridgehead atoms. The Bertz CT molecular complexity index is 1330. The molecule has 7 nitrogen and oxygen atoms in total. The molecule has 0 N–H and O–H groups in total. The van der Waals surface area contributed by atoms with E-state index in [1.54, 1.807) is 24.3 Å². The number of amides is 2. The van der Waals surface area contributed by atoms with E-state index in [0.717, 1.165) is 16.3 Å². The smallest absolute Gasteiger partial charge is 0.251 e. The minimum atomic E-state index is -3.64. The molecule has 1 unspecified atom stereocenters. The summed E-state index contributed by atoms with van der Waals surface area (Å²) in [6.07, 6.45) is 0.115. The van der Waals surface area contributed by atoms with Gasteiger partial charge in [0, 0.05) is 26.2 Å². The number of nitrogens with zero attached hydrogens (tertiary/aromatic N) is 3. The number of aryl methyl sites for hydroxylation is 1. The van der Waals surface area contributed by atoms with Crippen LogP contribution in [0.4, 0.5) is 5.69 Å². The number of imide groups is 1. The Morgan fingerprint density at radius 1 is 0.818 bits per heavy atom. The topological polar surface area (TPSA) is 78.0 Å². The normalized spacial score (nSPS) is 20.6. The van der Waals surface area contributed by atoms with Gasteiger partial charge in [0.25, 0.3) is 5.91 Å². The monoisotopic (exact) mass is 463 g/mol. The zero-order chi connectivity index (χ0) is 23.2. The third-order valence-electron chi connectivity index (χ3n) is 6.49. The number of fused-ring (bicyclic) bond motifs is 1. The summed E-state index contributed by atoms with van der Waals surface area (Å²) in [6.45, 7) is 3.30. The number of carbonyl (C=O) groups excluding carboxylic acids is 2. The minimum Gasteiger partial charge on any atom is -0.289 e. The van der Waals surface area contributed by atoms with Gasteiger partial charge >= 0.3 is 0 Å². The highest BCUT2D eigenvalue weighted by Crippen LogP contribution is 2.28. The number of hydrogen-bond acceptors (Lipinski definition) is 5. The van der Waals surface area contributed by atoms with Gasteiger partial charge in [-0.05, 0) is 42.0 Å². The minimum absolute atomic E-state index is 0.115. The molecular weight excluding hydrogens is 438 g/mol. The van der Waals surface area contributed by atoms with Crippen LogP contribution in [0.1, 0.15) is 12.0 Å². The predicted molar refractivity (Wildman–Crippen MR) is 126 cm³/mol. The van der Waals surface area contributed by atoms with E-state index in [1.165, 1.54) is 9.21 Å². The second kappa shape index (κ2) is 8.37. The summed E-state index contributed by atoms with van der Waals surface area (Å²) in [6, 6.07) is 19.6. The Morgan fingerprint density at radius 2 is 1.48 bits per heavy atom. The fraction of sp³-hybridized carbons (Fsp3) is 0.280. The second-order valence-corrected chi connectivity index (χ2v) is 10.5. The van der Waals surface area contributed by atoms with Crippen molar-refractivity contribution in [3.05, 3.63) is 72.3 Å². The number of piperazine rings is 1. The van der Waals surface area contributed by atoms with Crippen molar-refractivity contribution in [2.45, 2.75) is 24.3 Å². The lowest BCUT2D eigenvalue weighted by atomic mass is 10.1. The van der Waals surface area contributed by atoms with Gasteiger partial charge in [-0.15, -0.1) is 0 Å². The highest BCUT2D eigenvalue weighted by Gasteiger charge is 2.44. The van der Waals surface area contributed by atoms with Gasteiger partial charge in [-0.3, -0.25) is 14.5 Å². The molecule has 0 radical (unpaired) electrons. The van der Waals surface area contributed by atoms with Gasteiger partial charge in [-0.25, -0.2) is 13.3 Å². The van der Waals surface area contributed by atoms with Crippen LogP contribution in [0, 0.1) is 6.92 Å². The molecule has 2 aliphatic rings. The predicted octanol–water partition coefficient (Wildman–Crippen LogP) is 2.79. The molecule has 2 aliphatic heterocycles. The third-order valence-corrected chi connectivity index (χ3v) is 8.38. The van der Waals surface area contributed by atoms with E-state index in [0.29, 0.717) is 18.8 Å². The van der Waals surface area contributed by atoms with Crippen LogP contribution < -0.4 is 4.90 Å². The maximum Gasteiger partial charge on any atom is 0.251 e. The van der Waals surface area contributed by atoms with E-state index in [4.69, 9.17) is 0 Å². The van der Waals surface area contributed by atoms with Crippen LogP contribution in [-0.2, 0) is 19.6 Å². The standard InChI is InChI=1S/C25H25N3O4S/c1-18-6-9-21(10-7-18)28-24(29)17-23(25(28)30)26-12-14-27(15-13-26)33(31,32)22-11-8-19-4-2-3-5-20(19)16-22/h2-11,16,23H,12-15,17H2,1H3. The molecular formula is C25H25N3O4S. The van der Waals surface area contributed by atoms with Gasteiger partial charge in [0.2, 0.25) is 15.9 Å². The van der Waals surface area contributed by atoms with Crippen LogP contribution in [-0.4, -0.2) is 61.7 Å². The Morgan fingerprint density at radius 3 is 2.18 bits per heavy atom. The van der Waals surface area contributed by atoms with E-state index >= 15 is 0 Å². The lowest BCUT2D eigenvalue weighted by molar-refractivity contribution is -0.123. The van der Waals surface area contributed by atoms with Crippen molar-refractivity contribution in [2.75, 3.05) is 31.1 Å². The second-order valence-electron chi connectivity index (χ2n) is 8.57. The van der Waals surface area contributed by atoms with E-state index in [-0.39, 0.29) is 36.2 Å². The molecule has 3 aromatic rings. The lowest BCUT2D eigenvalue weighted by Gasteiger charge is -2.36. The van der Waals surface area contributed by atoms with Crippen molar-refractivity contribution in [3.63, 3.8) is 0 Å². The summed E-state index contributed by atoms with van der Waals surface area (Å²) in [4.78, 5) is 29.1. The van der Waals surface area contributed by atoms with Gasteiger partial charge in [0.1, 0.15) is 0 Å². The van der Waals surface area contributed by atoms with E-state index in [2.05, 4.69) is 0 Å². The number of hydrogen-bond donors (Lipinski definition) is 0. The number of benzene rings is 3. The first-order valence-corrected chi connectivity index (χ1v) is 12.4. The number of sulfonamides is 1. The lowest BCUT2D eigenvalue weighted by Crippen LogP contribution is -2.53. The molecule has 5 rings (SSSR count). The largest absolute Gasteiger partial charge is 0.289 e. The van der Waals surface area contributed by atoms with Gasteiger partial charge in [0.05, 0.1) is 23.0 Å². The molecule has 2 saturated heterocycles. The van der Waals surface area contributed by atoms with E-state index in [1.807, 2.05) is 54.3 Å². The summed E-state index contributed by atoms with van der Waals surface area (Å²) >= 11 is 0. The first-order valence-electron chi connectivity index (χ1n) is 11.0. The van der Waals surface area contributed by atoms with Crippen molar-refractivity contribution >= 4 is 38.3 Å². The summed E-state index contributed by atoms with van der Waals surface area (Å²) in [5.41, 5.74) is 1.63. The average Bonchev–Trinajstić information content (AvgIpc) is 3.13. The Balaban J connectivity index is 1.29. The molecule has 0 aromatic heterocycles. The maximum absolute atomic E-state index is 13.2. The quantitative estimate of drug-likeness (QED) is 0.556. The summed E-state index contributed by atoms with van der Waals surface area (Å²) in [5.74, 6) is -0.463. The van der Waals surface area contributed by atoms with Crippen molar-refractivity contribution in [2.24, 2.45) is 0 Å². The zero-order valence-electron chi connectivity index (χ0n) is 18.3. The van der Waals surface area contributed by atoms with Crippen LogP contribution in [0.2, 0.25) is 0 Å². The Hall–Kier alpha value is -3.07. The SMILES string of the molecule is Cc1ccc(N2C(=O)CC(N3CCN(S(=O)(=O)c4ccc5ccccc5c4)CC3)C2=O)cc1. The molecule has 2 amide bonds. The van der Waals surface area contributed by atoms with Crippen LogP contribution in [0.3, 0.4) is 0 Å². The zero-order valence-corrected chi connectivity index (χ0v) is 19.2. The number of anilines is 1. The highest BCUT2D eigenvalue weighted by molar-refractivity contribution is 7.89. The molecule has 170 valence electrons. The summed E-state index contributed by atoms with van der Waals surface area (Å²) < 4.78 is 27.9. The van der Waals surface area contributed by atoms with Crippen molar-refractivity contribution in [1.29, 1.82) is 0 Å². The van der Waals surface area contributed by atoms with Gasteiger partial charge in [-0.1, -0.05) is 48.0 Å². The fourth-order valence-corrected chi connectivity index (χ4v) is 6.06. The molecule has 2 fully saturated rings. The summed E-state index contributed by atoms with van der Waals surface area (Å²) in [7, 11) is -3.64. The first kappa shape index (κ1) is 21.8. The van der Waals surface area contributed by atoms with E-state index < -0.39 is 16.1 Å². The molecule has 1 atom stereocenters. The molecule has 8 heteroatoms. The van der Waals surface area contributed by atoms with Crippen LogP contribution >= 0.6 is 0 Å². The van der Waals surface area contributed by atoms with Crippen molar-refractivity contribution < 1.29 is 18.0 Å². The number of rotatable bonds is 4. The Labute approximate surface area is 193 Å². The van der Waals surface area contributed by atoms with Crippen LogP contribution in [0.5, 0.6) is 0 Å². The van der Waals surface area contributed by atoms with Crippen molar-refractivity contribution in [1.82, 2.24) is 9.21 Å². The van der Waals surface area contributed by atoms with Gasteiger partial charge < -0.3 is 0 Å².